The molecule has 0 bridgehead atoms. The Morgan fingerprint density at radius 3 is 2.68 bits per heavy atom. The minimum absolute atomic E-state index is 0.0828. The second-order valence-corrected chi connectivity index (χ2v) is 11.3. The van der Waals surface area contributed by atoms with Crippen molar-refractivity contribution in [3.8, 4) is 16.9 Å². The van der Waals surface area contributed by atoms with Gasteiger partial charge in [0.2, 0.25) is 11.8 Å². The molecule has 1 N–H and O–H groups in total. The summed E-state index contributed by atoms with van der Waals surface area (Å²) in [5.41, 5.74) is 4.14. The van der Waals surface area contributed by atoms with Gasteiger partial charge in [-0.2, -0.15) is 10.2 Å². The number of alkyl halides is 1. The highest BCUT2D eigenvalue weighted by Crippen LogP contribution is 2.37. The first-order chi connectivity index (χ1) is 19.6. The monoisotopic (exact) mass is 555 g/mol. The van der Waals surface area contributed by atoms with E-state index >= 15 is 0 Å². The maximum Gasteiger partial charge on any atom is 0.247 e. The Labute approximate surface area is 236 Å². The molecule has 2 atom stereocenters. The molecule has 0 unspecified atom stereocenters. The SMILES string of the molecule is CC(=O)c1cn(CC(=O)N2C[C@H](F)C[C@H]2C(=O)Nc2ccc3c(c2)OC(C)(C)C3)c2ccc(-c3ccnnc3)cc12. The first-order valence-electron chi connectivity index (χ1n) is 13.6. The Bertz CT molecular complexity index is 1680. The number of nitrogens with one attached hydrogen (secondary N) is 1. The highest BCUT2D eigenvalue weighted by atomic mass is 19.1. The summed E-state index contributed by atoms with van der Waals surface area (Å²) < 4.78 is 22.2. The summed E-state index contributed by atoms with van der Waals surface area (Å²) in [5, 5.41) is 11.3. The number of Topliss-reactive ketones (excluding diaryl/α,β-unsaturated/α-hetero) is 1. The van der Waals surface area contributed by atoms with E-state index in [1.54, 1.807) is 35.3 Å². The van der Waals surface area contributed by atoms with E-state index in [2.05, 4.69) is 15.5 Å². The van der Waals surface area contributed by atoms with Gasteiger partial charge < -0.3 is 19.5 Å². The van der Waals surface area contributed by atoms with Crippen LogP contribution in [-0.4, -0.2) is 61.6 Å². The third-order valence-electron chi connectivity index (χ3n) is 7.69. The van der Waals surface area contributed by atoms with Gasteiger partial charge in [0.1, 0.15) is 30.1 Å². The summed E-state index contributed by atoms with van der Waals surface area (Å²) in [4.78, 5) is 40.5. The Morgan fingerprint density at radius 1 is 1.10 bits per heavy atom. The minimum atomic E-state index is -1.32. The first kappa shape index (κ1) is 26.6. The molecular formula is C31H30FN5O4. The quantitative estimate of drug-likeness (QED) is 0.349. The van der Waals surface area contributed by atoms with Gasteiger partial charge in [0.15, 0.2) is 5.78 Å². The molecule has 4 aromatic rings. The average Bonchev–Trinajstić information content (AvgIpc) is 3.60. The van der Waals surface area contributed by atoms with Crippen LogP contribution in [0, 0.1) is 0 Å². The minimum Gasteiger partial charge on any atom is -0.487 e. The number of nitrogens with zero attached hydrogens (tertiary/aromatic N) is 4. The lowest BCUT2D eigenvalue weighted by Gasteiger charge is -2.24. The molecule has 10 heteroatoms. The number of carbonyl (C=O) groups excluding carboxylic acids is 3. The molecule has 0 saturated carbocycles. The summed E-state index contributed by atoms with van der Waals surface area (Å²) in [7, 11) is 0. The topological polar surface area (TPSA) is 106 Å². The molecule has 2 aromatic heterocycles. The van der Waals surface area contributed by atoms with Crippen molar-refractivity contribution >= 4 is 34.2 Å². The number of ether oxygens (including phenoxy) is 1. The van der Waals surface area contributed by atoms with Crippen molar-refractivity contribution in [2.75, 3.05) is 11.9 Å². The van der Waals surface area contributed by atoms with Crippen LogP contribution in [0.1, 0.15) is 43.1 Å². The van der Waals surface area contributed by atoms with Gasteiger partial charge in [0.05, 0.1) is 18.9 Å². The van der Waals surface area contributed by atoms with Crippen molar-refractivity contribution in [3.63, 3.8) is 0 Å². The molecule has 41 heavy (non-hydrogen) atoms. The fraction of sp³-hybridized carbons (Fsp3) is 0.323. The summed E-state index contributed by atoms with van der Waals surface area (Å²) >= 11 is 0. The van der Waals surface area contributed by atoms with Crippen LogP contribution in [0.4, 0.5) is 10.1 Å². The Hall–Kier alpha value is -4.60. The van der Waals surface area contributed by atoms with Gasteiger partial charge in [-0.25, -0.2) is 4.39 Å². The predicted octanol–water partition coefficient (Wildman–Crippen LogP) is 4.59. The summed E-state index contributed by atoms with van der Waals surface area (Å²) in [6.45, 7) is 5.16. The van der Waals surface area contributed by atoms with Crippen molar-refractivity contribution in [2.45, 2.75) is 58.0 Å². The summed E-state index contributed by atoms with van der Waals surface area (Å²) in [5.74, 6) is -0.290. The zero-order chi connectivity index (χ0) is 28.9. The Morgan fingerprint density at radius 2 is 1.93 bits per heavy atom. The van der Waals surface area contributed by atoms with Gasteiger partial charge in [-0.1, -0.05) is 12.1 Å². The van der Waals surface area contributed by atoms with Crippen LogP contribution in [0.25, 0.3) is 22.0 Å². The average molecular weight is 556 g/mol. The molecule has 2 aliphatic rings. The molecule has 2 aliphatic heterocycles. The lowest BCUT2D eigenvalue weighted by molar-refractivity contribution is -0.137. The predicted molar refractivity (Wildman–Crippen MR) is 151 cm³/mol. The van der Waals surface area contributed by atoms with Crippen LogP contribution in [0.2, 0.25) is 0 Å². The number of hydrogen-bond donors (Lipinski definition) is 1. The third kappa shape index (κ3) is 5.17. The normalized spacial score (nSPS) is 19.2. The van der Waals surface area contributed by atoms with Gasteiger partial charge in [0.25, 0.3) is 0 Å². The van der Waals surface area contributed by atoms with E-state index in [0.29, 0.717) is 27.9 Å². The molecule has 2 aromatic carbocycles. The van der Waals surface area contributed by atoms with Gasteiger partial charge in [-0.05, 0) is 56.2 Å². The number of ketones is 1. The first-order valence-corrected chi connectivity index (χ1v) is 13.6. The van der Waals surface area contributed by atoms with Crippen molar-refractivity contribution in [1.82, 2.24) is 19.7 Å². The fourth-order valence-corrected chi connectivity index (χ4v) is 5.79. The number of halogens is 1. The van der Waals surface area contributed by atoms with E-state index in [9.17, 15) is 18.8 Å². The third-order valence-corrected chi connectivity index (χ3v) is 7.69. The highest BCUT2D eigenvalue weighted by molar-refractivity contribution is 6.08. The number of anilines is 1. The van der Waals surface area contributed by atoms with Crippen LogP contribution in [0.5, 0.6) is 5.75 Å². The fourth-order valence-electron chi connectivity index (χ4n) is 5.79. The molecule has 2 amide bonds. The number of carbonyl (C=O) groups is 3. The smallest absolute Gasteiger partial charge is 0.247 e. The molecule has 0 spiro atoms. The maximum absolute atomic E-state index is 14.6. The summed E-state index contributed by atoms with van der Waals surface area (Å²) in [6.07, 6.45) is 4.24. The van der Waals surface area contributed by atoms with Crippen LogP contribution < -0.4 is 10.1 Å². The molecule has 1 fully saturated rings. The maximum atomic E-state index is 14.6. The molecule has 0 aliphatic carbocycles. The number of benzene rings is 2. The van der Waals surface area contributed by atoms with Crippen LogP contribution >= 0.6 is 0 Å². The van der Waals surface area contributed by atoms with Gasteiger partial charge in [0, 0.05) is 52.8 Å². The van der Waals surface area contributed by atoms with E-state index in [1.165, 1.54) is 11.8 Å². The lowest BCUT2D eigenvalue weighted by Crippen LogP contribution is -2.44. The van der Waals surface area contributed by atoms with E-state index in [1.807, 2.05) is 44.2 Å². The largest absolute Gasteiger partial charge is 0.487 e. The highest BCUT2D eigenvalue weighted by Gasteiger charge is 2.40. The molecule has 9 nitrogen and oxygen atoms in total. The van der Waals surface area contributed by atoms with Gasteiger partial charge >= 0.3 is 0 Å². The van der Waals surface area contributed by atoms with Crippen LogP contribution in [0.3, 0.4) is 0 Å². The van der Waals surface area contributed by atoms with E-state index in [0.717, 1.165) is 23.1 Å². The molecule has 0 radical (unpaired) electrons. The Balaban J connectivity index is 1.22. The molecule has 4 heterocycles. The number of rotatable bonds is 6. The number of likely N-dealkylation sites (tertiary alicyclic amines) is 1. The standard InChI is InChI=1S/C31H30FN5O4/c1-18(38)25-16-36(26-7-5-19(10-24(25)26)21-8-9-33-34-14-21)17-29(39)37-15-22(32)11-27(37)30(40)35-23-6-4-20-13-31(2,3)41-28(20)12-23/h4-10,12,14,16,22,27H,11,13,15,17H2,1-3H3,(H,35,40)/t22-,27+/m1/s1. The van der Waals surface area contributed by atoms with Crippen LogP contribution in [0.15, 0.2) is 61.1 Å². The second-order valence-electron chi connectivity index (χ2n) is 11.3. The zero-order valence-corrected chi connectivity index (χ0v) is 23.1. The second kappa shape index (κ2) is 10.1. The van der Waals surface area contributed by atoms with Gasteiger partial charge in [-0.3, -0.25) is 14.4 Å². The molecule has 1 saturated heterocycles. The molecule has 6 rings (SSSR count). The van der Waals surface area contributed by atoms with E-state index in [-0.39, 0.29) is 30.9 Å². The van der Waals surface area contributed by atoms with E-state index < -0.39 is 24.0 Å². The van der Waals surface area contributed by atoms with Crippen molar-refractivity contribution < 1.29 is 23.5 Å². The molecular weight excluding hydrogens is 525 g/mol. The summed E-state index contributed by atoms with van der Waals surface area (Å²) in [6, 6.07) is 11.9. The van der Waals surface area contributed by atoms with Crippen molar-refractivity contribution in [3.05, 3.63) is 72.2 Å². The number of aromatic nitrogens is 3. The lowest BCUT2D eigenvalue weighted by atomic mass is 10.0. The number of amides is 2. The number of hydrogen-bond acceptors (Lipinski definition) is 6. The number of fused-ring (bicyclic) bond motifs is 2. The van der Waals surface area contributed by atoms with Crippen LogP contribution in [-0.2, 0) is 22.6 Å². The van der Waals surface area contributed by atoms with E-state index in [4.69, 9.17) is 4.74 Å². The Kier molecular flexibility index (Phi) is 6.56. The zero-order valence-electron chi connectivity index (χ0n) is 23.1. The molecule has 210 valence electrons. The van der Waals surface area contributed by atoms with Crippen molar-refractivity contribution in [2.24, 2.45) is 0 Å². The van der Waals surface area contributed by atoms with Crippen molar-refractivity contribution in [1.29, 1.82) is 0 Å². The van der Waals surface area contributed by atoms with Gasteiger partial charge in [-0.15, -0.1) is 0 Å².